The first-order valence-electron chi connectivity index (χ1n) is 6.04. The lowest BCUT2D eigenvalue weighted by Gasteiger charge is -2.15. The Labute approximate surface area is 107 Å². The number of rotatable bonds is 2. The Morgan fingerprint density at radius 2 is 2.12 bits per heavy atom. The van der Waals surface area contributed by atoms with Gasteiger partial charge in [0.15, 0.2) is 0 Å². The van der Waals surface area contributed by atoms with Crippen LogP contribution in [-0.4, -0.2) is 21.9 Å². The van der Waals surface area contributed by atoms with E-state index in [2.05, 4.69) is 31.8 Å². The fourth-order valence-electron chi connectivity index (χ4n) is 2.00. The smallest absolute Gasteiger partial charge is 0.118 e. The molecule has 0 spiro atoms. The average Bonchev–Trinajstić information content (AvgIpc) is 2.68. The lowest BCUT2D eigenvalue weighted by atomic mass is 9.95. The van der Waals surface area contributed by atoms with Crippen molar-refractivity contribution in [2.24, 2.45) is 4.99 Å². The van der Waals surface area contributed by atoms with Crippen molar-refractivity contribution in [1.82, 2.24) is 0 Å². The Kier molecular flexibility index (Phi) is 3.48. The van der Waals surface area contributed by atoms with E-state index in [0.29, 0.717) is 16.9 Å². The lowest BCUT2D eigenvalue weighted by molar-refractivity contribution is 0.470. The monoisotopic (exact) mass is 249 g/mol. The number of nitrogens with zero attached hydrogens (tertiary/aromatic N) is 1. The Hall–Kier alpha value is -0.960. The maximum atomic E-state index is 9.82. The first-order valence-corrected chi connectivity index (χ1v) is 6.92. The molecule has 0 radical (unpaired) electrons. The molecule has 1 atom stereocenters. The number of phenols is 1. The summed E-state index contributed by atoms with van der Waals surface area (Å²) in [6.45, 7) is 9.34. The number of thioether (sulfide) groups is 1. The SMILES string of the molecule is Cc1cc(C2=NCC(C)S2)c(C(C)C)cc1O. The number of aryl methyl sites for hydroxylation is 1. The normalized spacial score (nSPS) is 19.8. The standard InChI is InChI=1S/C14H19NOS/c1-8(2)11-6-13(16)9(3)5-12(11)14-15-7-10(4)17-14/h5-6,8,10,16H,7H2,1-4H3. The molecule has 17 heavy (non-hydrogen) atoms. The maximum absolute atomic E-state index is 9.82. The van der Waals surface area contributed by atoms with Crippen molar-refractivity contribution in [1.29, 1.82) is 0 Å². The number of phenolic OH excluding ortho intramolecular Hbond substituents is 1. The molecule has 0 amide bonds. The second kappa shape index (κ2) is 4.73. The number of hydrogen-bond acceptors (Lipinski definition) is 3. The number of hydrogen-bond donors (Lipinski definition) is 1. The highest BCUT2D eigenvalue weighted by molar-refractivity contribution is 8.15. The summed E-state index contributed by atoms with van der Waals surface area (Å²) < 4.78 is 0. The summed E-state index contributed by atoms with van der Waals surface area (Å²) in [5, 5.41) is 11.5. The molecule has 0 saturated carbocycles. The van der Waals surface area contributed by atoms with Crippen LogP contribution in [0.3, 0.4) is 0 Å². The van der Waals surface area contributed by atoms with E-state index in [-0.39, 0.29) is 0 Å². The van der Waals surface area contributed by atoms with Crippen LogP contribution < -0.4 is 0 Å². The van der Waals surface area contributed by atoms with Crippen molar-refractivity contribution in [2.45, 2.75) is 38.9 Å². The summed E-state index contributed by atoms with van der Waals surface area (Å²) in [5.74, 6) is 0.782. The van der Waals surface area contributed by atoms with Crippen LogP contribution in [0.5, 0.6) is 5.75 Å². The van der Waals surface area contributed by atoms with Gasteiger partial charge in [-0.15, -0.1) is 11.8 Å². The van der Waals surface area contributed by atoms with Crippen molar-refractivity contribution in [3.8, 4) is 5.75 Å². The van der Waals surface area contributed by atoms with Gasteiger partial charge in [-0.25, -0.2) is 0 Å². The quantitative estimate of drug-likeness (QED) is 0.866. The van der Waals surface area contributed by atoms with Gasteiger partial charge in [0.05, 0.1) is 11.6 Å². The zero-order valence-corrected chi connectivity index (χ0v) is 11.6. The van der Waals surface area contributed by atoms with Crippen LogP contribution in [0.2, 0.25) is 0 Å². The fourth-order valence-corrected chi connectivity index (χ4v) is 2.98. The summed E-state index contributed by atoms with van der Waals surface area (Å²) >= 11 is 1.83. The molecular formula is C14H19NOS. The van der Waals surface area contributed by atoms with Gasteiger partial charge in [-0.2, -0.15) is 0 Å². The third-order valence-electron chi connectivity index (χ3n) is 3.03. The Bertz CT molecular complexity index is 466. The van der Waals surface area contributed by atoms with E-state index in [9.17, 15) is 5.11 Å². The minimum absolute atomic E-state index is 0.383. The molecule has 1 aromatic rings. The van der Waals surface area contributed by atoms with Crippen molar-refractivity contribution in [2.75, 3.05) is 6.54 Å². The van der Waals surface area contributed by atoms with E-state index < -0.39 is 0 Å². The van der Waals surface area contributed by atoms with E-state index in [4.69, 9.17) is 0 Å². The van der Waals surface area contributed by atoms with Crippen molar-refractivity contribution in [3.63, 3.8) is 0 Å². The number of aliphatic imine (C=N–C) groups is 1. The third kappa shape index (κ3) is 2.49. The summed E-state index contributed by atoms with van der Waals surface area (Å²) in [6.07, 6.45) is 0. The van der Waals surface area contributed by atoms with Crippen LogP contribution in [-0.2, 0) is 0 Å². The Morgan fingerprint density at radius 3 is 2.65 bits per heavy atom. The van der Waals surface area contributed by atoms with Gasteiger partial charge in [0.1, 0.15) is 5.75 Å². The molecule has 1 aliphatic rings. The third-order valence-corrected chi connectivity index (χ3v) is 4.15. The highest BCUT2D eigenvalue weighted by atomic mass is 32.2. The van der Waals surface area contributed by atoms with Gasteiger partial charge in [-0.05, 0) is 36.1 Å². The van der Waals surface area contributed by atoms with E-state index in [1.54, 1.807) is 0 Å². The molecule has 3 heteroatoms. The first kappa shape index (κ1) is 12.5. The molecule has 2 rings (SSSR count). The lowest BCUT2D eigenvalue weighted by Crippen LogP contribution is -2.03. The molecule has 0 aliphatic carbocycles. The Morgan fingerprint density at radius 1 is 1.41 bits per heavy atom. The molecule has 92 valence electrons. The second-order valence-corrected chi connectivity index (χ2v) is 6.38. The summed E-state index contributed by atoms with van der Waals surface area (Å²) in [7, 11) is 0. The molecule has 1 aromatic carbocycles. The molecule has 0 bridgehead atoms. The Balaban J connectivity index is 2.48. The first-order chi connectivity index (χ1) is 7.99. The molecule has 0 saturated heterocycles. The van der Waals surface area contributed by atoms with Gasteiger partial charge in [0, 0.05) is 10.8 Å². The van der Waals surface area contributed by atoms with Crippen LogP contribution in [0.15, 0.2) is 17.1 Å². The van der Waals surface area contributed by atoms with Gasteiger partial charge in [-0.1, -0.05) is 20.8 Å². The summed E-state index contributed by atoms with van der Waals surface area (Å²) in [5.41, 5.74) is 3.31. The molecule has 0 aromatic heterocycles. The number of benzene rings is 1. The van der Waals surface area contributed by atoms with Crippen LogP contribution in [0, 0.1) is 6.92 Å². The van der Waals surface area contributed by atoms with E-state index >= 15 is 0 Å². The van der Waals surface area contributed by atoms with E-state index in [0.717, 1.165) is 17.2 Å². The molecule has 1 heterocycles. The highest BCUT2D eigenvalue weighted by Crippen LogP contribution is 2.33. The zero-order chi connectivity index (χ0) is 12.6. The largest absolute Gasteiger partial charge is 0.508 e. The topological polar surface area (TPSA) is 32.6 Å². The zero-order valence-electron chi connectivity index (χ0n) is 10.8. The average molecular weight is 249 g/mol. The van der Waals surface area contributed by atoms with Crippen LogP contribution >= 0.6 is 11.8 Å². The molecule has 1 aliphatic heterocycles. The van der Waals surface area contributed by atoms with Crippen LogP contribution in [0.25, 0.3) is 0 Å². The maximum Gasteiger partial charge on any atom is 0.118 e. The minimum Gasteiger partial charge on any atom is -0.508 e. The number of aromatic hydroxyl groups is 1. The minimum atomic E-state index is 0.383. The van der Waals surface area contributed by atoms with E-state index in [1.165, 1.54) is 11.1 Å². The summed E-state index contributed by atoms with van der Waals surface area (Å²) in [6, 6.07) is 3.95. The fraction of sp³-hybridized carbons (Fsp3) is 0.500. The predicted octanol–water partition coefficient (Wildman–Crippen LogP) is 3.71. The van der Waals surface area contributed by atoms with Gasteiger partial charge < -0.3 is 5.11 Å². The second-order valence-electron chi connectivity index (χ2n) is 4.95. The predicted molar refractivity (Wildman–Crippen MR) is 75.4 cm³/mol. The molecule has 2 nitrogen and oxygen atoms in total. The van der Waals surface area contributed by atoms with Crippen LogP contribution in [0.4, 0.5) is 0 Å². The van der Waals surface area contributed by atoms with Gasteiger partial charge in [0.25, 0.3) is 0 Å². The van der Waals surface area contributed by atoms with Gasteiger partial charge in [0.2, 0.25) is 0 Å². The summed E-state index contributed by atoms with van der Waals surface area (Å²) in [4.78, 5) is 4.60. The molecular weight excluding hydrogens is 230 g/mol. The molecule has 1 N–H and O–H groups in total. The highest BCUT2D eigenvalue weighted by Gasteiger charge is 2.21. The van der Waals surface area contributed by atoms with E-state index in [1.807, 2.05) is 24.8 Å². The van der Waals surface area contributed by atoms with Crippen molar-refractivity contribution < 1.29 is 5.11 Å². The van der Waals surface area contributed by atoms with Gasteiger partial charge >= 0.3 is 0 Å². The van der Waals surface area contributed by atoms with Gasteiger partial charge in [-0.3, -0.25) is 4.99 Å². The van der Waals surface area contributed by atoms with Crippen molar-refractivity contribution >= 4 is 16.8 Å². The van der Waals surface area contributed by atoms with Crippen LogP contribution in [0.1, 0.15) is 43.4 Å². The molecule has 0 fully saturated rings. The van der Waals surface area contributed by atoms with Crippen molar-refractivity contribution in [3.05, 3.63) is 28.8 Å². The molecule has 1 unspecified atom stereocenters.